The monoisotopic (exact) mass is 250 g/mol. The van der Waals surface area contributed by atoms with Gasteiger partial charge >= 0.3 is 0 Å². The van der Waals surface area contributed by atoms with E-state index in [1.807, 2.05) is 25.1 Å². The van der Waals surface area contributed by atoms with Crippen molar-refractivity contribution in [2.45, 2.75) is 40.7 Å². The average molecular weight is 250 g/mol. The van der Waals surface area contributed by atoms with Gasteiger partial charge in [0.05, 0.1) is 12.3 Å². The summed E-state index contributed by atoms with van der Waals surface area (Å²) in [4.78, 5) is 2.27. The van der Waals surface area contributed by atoms with Gasteiger partial charge in [0.1, 0.15) is 5.75 Å². The molecule has 1 aromatic rings. The average Bonchev–Trinajstić information content (AvgIpc) is 2.29. The van der Waals surface area contributed by atoms with Gasteiger partial charge in [-0.3, -0.25) is 0 Å². The van der Waals surface area contributed by atoms with E-state index in [2.05, 4.69) is 39.6 Å². The number of rotatable bonds is 4. The summed E-state index contributed by atoms with van der Waals surface area (Å²) in [6, 6.07) is 6.39. The second-order valence-corrected chi connectivity index (χ2v) is 5.81. The lowest BCUT2D eigenvalue weighted by atomic mass is 9.87. The first-order chi connectivity index (χ1) is 8.27. The molecule has 0 bridgehead atoms. The number of nitrogen functional groups attached to an aromatic ring is 1. The van der Waals surface area contributed by atoms with Crippen LogP contribution in [0.5, 0.6) is 5.75 Å². The highest BCUT2D eigenvalue weighted by atomic mass is 16.5. The van der Waals surface area contributed by atoms with Crippen LogP contribution in [0.2, 0.25) is 0 Å². The first-order valence-corrected chi connectivity index (χ1v) is 6.52. The first kappa shape index (κ1) is 14.7. The molecule has 0 saturated carbocycles. The van der Waals surface area contributed by atoms with E-state index in [1.165, 1.54) is 0 Å². The second-order valence-electron chi connectivity index (χ2n) is 5.81. The summed E-state index contributed by atoms with van der Waals surface area (Å²) in [7, 11) is 2.11. The van der Waals surface area contributed by atoms with Crippen molar-refractivity contribution < 1.29 is 4.74 Å². The summed E-state index contributed by atoms with van der Waals surface area (Å²) in [5.41, 5.74) is 7.94. The zero-order valence-corrected chi connectivity index (χ0v) is 12.4. The normalized spacial score (nSPS) is 13.2. The van der Waals surface area contributed by atoms with Crippen LogP contribution in [0.1, 0.15) is 34.6 Å². The van der Waals surface area contributed by atoms with E-state index in [4.69, 9.17) is 10.5 Å². The Morgan fingerprint density at radius 1 is 1.33 bits per heavy atom. The number of benzene rings is 1. The summed E-state index contributed by atoms with van der Waals surface area (Å²) >= 11 is 0. The van der Waals surface area contributed by atoms with Crippen molar-refractivity contribution in [1.82, 2.24) is 0 Å². The van der Waals surface area contributed by atoms with Crippen molar-refractivity contribution in [1.29, 1.82) is 0 Å². The summed E-state index contributed by atoms with van der Waals surface area (Å²) in [6.45, 7) is 11.6. The van der Waals surface area contributed by atoms with E-state index < -0.39 is 0 Å². The van der Waals surface area contributed by atoms with E-state index in [9.17, 15) is 0 Å². The molecule has 0 heterocycles. The lowest BCUT2D eigenvalue weighted by molar-refractivity contribution is 0.328. The maximum absolute atomic E-state index is 5.89. The maximum atomic E-state index is 5.89. The van der Waals surface area contributed by atoms with Gasteiger partial charge in [-0.15, -0.1) is 0 Å². The fourth-order valence-electron chi connectivity index (χ4n) is 1.83. The van der Waals surface area contributed by atoms with Crippen molar-refractivity contribution >= 4 is 11.4 Å². The van der Waals surface area contributed by atoms with Gasteiger partial charge in [0.25, 0.3) is 0 Å². The minimum absolute atomic E-state index is 0.224. The zero-order chi connectivity index (χ0) is 13.9. The van der Waals surface area contributed by atoms with E-state index in [-0.39, 0.29) is 5.41 Å². The lowest BCUT2D eigenvalue weighted by Gasteiger charge is -2.37. The highest BCUT2D eigenvalue weighted by molar-refractivity contribution is 5.62. The summed E-state index contributed by atoms with van der Waals surface area (Å²) in [6.07, 6.45) is 0. The number of anilines is 2. The van der Waals surface area contributed by atoms with Crippen LogP contribution in [0.3, 0.4) is 0 Å². The van der Waals surface area contributed by atoms with Crippen LogP contribution in [0.25, 0.3) is 0 Å². The molecule has 0 radical (unpaired) electrons. The second kappa shape index (κ2) is 5.51. The van der Waals surface area contributed by atoms with Crippen LogP contribution in [0, 0.1) is 5.41 Å². The molecule has 1 rings (SSSR count). The lowest BCUT2D eigenvalue weighted by Crippen LogP contribution is -2.39. The Labute approximate surface area is 111 Å². The Bertz CT molecular complexity index is 396. The van der Waals surface area contributed by atoms with E-state index in [0.717, 1.165) is 11.4 Å². The Morgan fingerprint density at radius 3 is 2.44 bits per heavy atom. The van der Waals surface area contributed by atoms with Gasteiger partial charge in [-0.25, -0.2) is 0 Å². The summed E-state index contributed by atoms with van der Waals surface area (Å²) in [5.74, 6) is 0.767. The molecule has 0 aliphatic heterocycles. The summed E-state index contributed by atoms with van der Waals surface area (Å²) < 4.78 is 5.54. The summed E-state index contributed by atoms with van der Waals surface area (Å²) in [5, 5.41) is 0. The van der Waals surface area contributed by atoms with E-state index in [1.54, 1.807) is 0 Å². The van der Waals surface area contributed by atoms with Gasteiger partial charge in [-0.05, 0) is 31.4 Å². The highest BCUT2D eigenvalue weighted by Gasteiger charge is 2.24. The standard InChI is InChI=1S/C15H26N2O/c1-7-18-14-10-12(8-9-13(14)16)17(6)11(2)15(3,4)5/h8-11H,7,16H2,1-6H3. The van der Waals surface area contributed by atoms with Gasteiger partial charge < -0.3 is 15.4 Å². The third-order valence-electron chi connectivity index (χ3n) is 3.54. The molecule has 0 amide bonds. The van der Waals surface area contributed by atoms with E-state index in [0.29, 0.717) is 18.3 Å². The molecule has 0 fully saturated rings. The van der Waals surface area contributed by atoms with Gasteiger partial charge in [0.15, 0.2) is 0 Å². The Morgan fingerprint density at radius 2 is 1.94 bits per heavy atom. The van der Waals surface area contributed by atoms with Gasteiger partial charge in [-0.1, -0.05) is 20.8 Å². The predicted octanol–water partition coefficient (Wildman–Crippen LogP) is 3.54. The largest absolute Gasteiger partial charge is 0.492 e. The molecule has 0 spiro atoms. The van der Waals surface area contributed by atoms with Crippen LogP contribution < -0.4 is 15.4 Å². The minimum Gasteiger partial charge on any atom is -0.492 e. The van der Waals surface area contributed by atoms with E-state index >= 15 is 0 Å². The topological polar surface area (TPSA) is 38.5 Å². The Hall–Kier alpha value is -1.38. The fraction of sp³-hybridized carbons (Fsp3) is 0.600. The maximum Gasteiger partial charge on any atom is 0.144 e. The van der Waals surface area contributed by atoms with Crippen LogP contribution in [0.15, 0.2) is 18.2 Å². The first-order valence-electron chi connectivity index (χ1n) is 6.52. The molecular weight excluding hydrogens is 224 g/mol. The predicted molar refractivity (Wildman–Crippen MR) is 79.3 cm³/mol. The molecule has 2 N–H and O–H groups in total. The zero-order valence-electron chi connectivity index (χ0n) is 12.4. The van der Waals surface area contributed by atoms with Crippen molar-refractivity contribution in [3.63, 3.8) is 0 Å². The molecule has 0 aromatic heterocycles. The molecule has 3 heteroatoms. The molecule has 0 saturated heterocycles. The van der Waals surface area contributed by atoms with Crippen molar-refractivity contribution in [3.8, 4) is 5.75 Å². The van der Waals surface area contributed by atoms with Crippen molar-refractivity contribution in [2.24, 2.45) is 5.41 Å². The van der Waals surface area contributed by atoms with Crippen molar-refractivity contribution in [3.05, 3.63) is 18.2 Å². The molecule has 0 aliphatic carbocycles. The number of nitrogens with zero attached hydrogens (tertiary/aromatic N) is 1. The number of hydrogen-bond acceptors (Lipinski definition) is 3. The number of ether oxygens (including phenoxy) is 1. The highest BCUT2D eigenvalue weighted by Crippen LogP contribution is 2.31. The Balaban J connectivity index is 2.99. The van der Waals surface area contributed by atoms with Crippen LogP contribution in [-0.4, -0.2) is 19.7 Å². The smallest absolute Gasteiger partial charge is 0.144 e. The molecule has 1 aromatic carbocycles. The quantitative estimate of drug-likeness (QED) is 0.831. The molecule has 0 aliphatic rings. The third-order valence-corrected chi connectivity index (χ3v) is 3.54. The number of nitrogens with two attached hydrogens (primary N) is 1. The molecule has 1 unspecified atom stereocenters. The number of hydrogen-bond donors (Lipinski definition) is 1. The van der Waals surface area contributed by atoms with Crippen LogP contribution >= 0.6 is 0 Å². The van der Waals surface area contributed by atoms with Gasteiger partial charge in [0.2, 0.25) is 0 Å². The molecule has 1 atom stereocenters. The molecular formula is C15H26N2O. The Kier molecular flexibility index (Phi) is 4.49. The molecule has 18 heavy (non-hydrogen) atoms. The van der Waals surface area contributed by atoms with Crippen molar-refractivity contribution in [2.75, 3.05) is 24.3 Å². The fourth-order valence-corrected chi connectivity index (χ4v) is 1.83. The van der Waals surface area contributed by atoms with Crippen LogP contribution in [0.4, 0.5) is 11.4 Å². The SMILES string of the molecule is CCOc1cc(N(C)C(C)C(C)(C)C)ccc1N. The van der Waals surface area contributed by atoms with Crippen LogP contribution in [-0.2, 0) is 0 Å². The van der Waals surface area contributed by atoms with Gasteiger partial charge in [-0.2, -0.15) is 0 Å². The third kappa shape index (κ3) is 3.31. The van der Waals surface area contributed by atoms with Gasteiger partial charge in [0, 0.05) is 24.8 Å². The molecule has 3 nitrogen and oxygen atoms in total. The molecule has 102 valence electrons. The minimum atomic E-state index is 0.224.